The molecule has 4 aromatic rings. The number of nitrogens with zero attached hydrogens (tertiary/aromatic N) is 5. The monoisotopic (exact) mass is 653 g/mol. The van der Waals surface area contributed by atoms with Crippen molar-refractivity contribution in [3.05, 3.63) is 124 Å². The Hall–Kier alpha value is -5.34. The molecule has 0 bridgehead atoms. The van der Waals surface area contributed by atoms with Gasteiger partial charge in [-0.2, -0.15) is 10.2 Å². The molecular formula is C32H27N7O5S2. The first-order chi connectivity index (χ1) is 22.4. The Kier molecular flexibility index (Phi) is 9.17. The van der Waals surface area contributed by atoms with E-state index in [9.17, 15) is 14.4 Å². The third kappa shape index (κ3) is 6.39. The Balaban J connectivity index is 1.31. The molecule has 0 spiro atoms. The van der Waals surface area contributed by atoms with Crippen LogP contribution in [0.25, 0.3) is 6.08 Å². The zero-order valence-corrected chi connectivity index (χ0v) is 26.0. The first-order valence-electron chi connectivity index (χ1n) is 14.0. The molecule has 232 valence electrons. The molecule has 2 aromatic heterocycles. The fourth-order valence-corrected chi connectivity index (χ4v) is 6.86. The van der Waals surface area contributed by atoms with Gasteiger partial charge in [-0.3, -0.25) is 14.5 Å². The number of ether oxygens (including phenoxy) is 1. The average Bonchev–Trinajstić information content (AvgIpc) is 3.53. The van der Waals surface area contributed by atoms with Gasteiger partial charge in [-0.05, 0) is 34.9 Å². The summed E-state index contributed by atoms with van der Waals surface area (Å²) in [6.07, 6.45) is 4.29. The molecule has 0 aliphatic carbocycles. The summed E-state index contributed by atoms with van der Waals surface area (Å²) in [6, 6.07) is 21.3. The number of thioether (sulfide) groups is 1. The van der Waals surface area contributed by atoms with Gasteiger partial charge in [0.05, 0.1) is 5.69 Å². The van der Waals surface area contributed by atoms with E-state index in [0.717, 1.165) is 22.5 Å². The molecule has 2 atom stereocenters. The van der Waals surface area contributed by atoms with E-state index in [1.165, 1.54) is 23.8 Å². The largest absolute Gasteiger partial charge is 0.448 e. The van der Waals surface area contributed by atoms with Crippen molar-refractivity contribution in [2.75, 3.05) is 18.6 Å². The molecule has 2 amide bonds. The van der Waals surface area contributed by atoms with Crippen LogP contribution >= 0.6 is 23.1 Å². The van der Waals surface area contributed by atoms with Crippen LogP contribution in [0.5, 0.6) is 0 Å². The Morgan fingerprint density at radius 2 is 1.78 bits per heavy atom. The molecule has 4 heterocycles. The number of hydrogen-bond donors (Lipinski definition) is 2. The van der Waals surface area contributed by atoms with Crippen LogP contribution in [0.4, 0.5) is 5.13 Å². The lowest BCUT2D eigenvalue weighted by Gasteiger charge is -2.49. The maximum atomic E-state index is 14.1. The maximum absolute atomic E-state index is 14.1. The summed E-state index contributed by atoms with van der Waals surface area (Å²) in [5, 5.41) is 15.8. The van der Waals surface area contributed by atoms with Gasteiger partial charge in [0.2, 0.25) is 0 Å². The minimum atomic E-state index is -0.942. The molecule has 12 nitrogen and oxygen atoms in total. The standard InChI is InChI=1S/C32H27N7O5S2/c1-43-38-24(23-18-46-32(33)35-23)28(40)36-25-29(41)39-26(21(17-45-30(25)39)14-15-22-13-8-16-34-37-22)31(42)44-27(19-9-4-2-5-10-19)20-11-6-3-7-12-20/h2-16,18,25,27,30H,17H2,1H3,(H2,33,35)(H,36,40)/t25?,30-/m0/s1. The highest BCUT2D eigenvalue weighted by atomic mass is 32.2. The van der Waals surface area contributed by atoms with E-state index in [4.69, 9.17) is 15.3 Å². The van der Waals surface area contributed by atoms with E-state index < -0.39 is 35.3 Å². The molecule has 1 unspecified atom stereocenters. The fraction of sp³-hybridized carbons (Fsp3) is 0.156. The third-order valence-electron chi connectivity index (χ3n) is 7.12. The lowest BCUT2D eigenvalue weighted by atomic mass is 10.00. The summed E-state index contributed by atoms with van der Waals surface area (Å²) < 4.78 is 6.19. The Morgan fingerprint density at radius 1 is 1.07 bits per heavy atom. The number of aromatic nitrogens is 3. The minimum absolute atomic E-state index is 0.0920. The second-order valence-electron chi connectivity index (χ2n) is 10.0. The zero-order valence-electron chi connectivity index (χ0n) is 24.3. The molecule has 2 aliphatic rings. The summed E-state index contributed by atoms with van der Waals surface area (Å²) in [5.74, 6) is -1.47. The SMILES string of the molecule is CON=C(C(=O)NC1C(=O)N2C(C(=O)OC(c3ccccc3)c3ccccc3)=C(C=Cc3cccnn3)CS[C@@H]12)c1csc(N)n1. The molecule has 14 heteroatoms. The van der Waals surface area contributed by atoms with Gasteiger partial charge in [0.1, 0.15) is 29.9 Å². The quantitative estimate of drug-likeness (QED) is 0.112. The molecule has 3 N–H and O–H groups in total. The van der Waals surface area contributed by atoms with Crippen LogP contribution in [-0.4, -0.2) is 67.9 Å². The average molecular weight is 654 g/mol. The number of nitrogen functional groups attached to an aromatic ring is 1. The Labute approximate surface area is 272 Å². The summed E-state index contributed by atoms with van der Waals surface area (Å²) in [6.45, 7) is 0. The minimum Gasteiger partial charge on any atom is -0.448 e. The van der Waals surface area contributed by atoms with Gasteiger partial charge in [-0.1, -0.05) is 71.9 Å². The number of nitrogens with one attached hydrogen (secondary N) is 1. The van der Waals surface area contributed by atoms with E-state index in [-0.39, 0.29) is 22.2 Å². The number of fused-ring (bicyclic) bond motifs is 1. The first-order valence-corrected chi connectivity index (χ1v) is 16.0. The van der Waals surface area contributed by atoms with E-state index in [1.807, 2.05) is 60.7 Å². The van der Waals surface area contributed by atoms with Crippen molar-refractivity contribution in [2.45, 2.75) is 17.5 Å². The van der Waals surface area contributed by atoms with Gasteiger partial charge in [0, 0.05) is 17.3 Å². The van der Waals surface area contributed by atoms with Gasteiger partial charge in [0.25, 0.3) is 11.8 Å². The van der Waals surface area contributed by atoms with Crippen molar-refractivity contribution >= 4 is 57.8 Å². The molecule has 46 heavy (non-hydrogen) atoms. The number of anilines is 1. The lowest BCUT2D eigenvalue weighted by molar-refractivity contribution is -0.154. The van der Waals surface area contributed by atoms with E-state index in [1.54, 1.807) is 35.9 Å². The van der Waals surface area contributed by atoms with Crippen LogP contribution < -0.4 is 11.1 Å². The molecule has 2 aliphatic heterocycles. The number of oxime groups is 1. The Bertz CT molecular complexity index is 1790. The number of allylic oxidation sites excluding steroid dienone is 1. The second-order valence-corrected chi connectivity index (χ2v) is 12.0. The van der Waals surface area contributed by atoms with Crippen molar-refractivity contribution in [2.24, 2.45) is 5.16 Å². The normalized spacial score (nSPS) is 17.9. The maximum Gasteiger partial charge on any atom is 0.356 e. The van der Waals surface area contributed by atoms with Crippen molar-refractivity contribution in [3.8, 4) is 0 Å². The fourth-order valence-electron chi connectivity index (χ4n) is 5.00. The molecule has 0 saturated carbocycles. The number of amides is 2. The van der Waals surface area contributed by atoms with Crippen LogP contribution in [-0.2, 0) is 24.0 Å². The van der Waals surface area contributed by atoms with Crippen LogP contribution in [0.1, 0.15) is 28.6 Å². The summed E-state index contributed by atoms with van der Waals surface area (Å²) in [5.41, 5.74) is 8.61. The molecule has 2 aromatic carbocycles. The van der Waals surface area contributed by atoms with Crippen LogP contribution in [0, 0.1) is 0 Å². The number of benzene rings is 2. The van der Waals surface area contributed by atoms with Crippen molar-refractivity contribution < 1.29 is 24.0 Å². The summed E-state index contributed by atoms with van der Waals surface area (Å²) >= 11 is 2.54. The lowest BCUT2D eigenvalue weighted by Crippen LogP contribution is -2.71. The number of thiazole rings is 1. The van der Waals surface area contributed by atoms with E-state index in [2.05, 4.69) is 25.7 Å². The number of esters is 1. The molecule has 1 saturated heterocycles. The topological polar surface area (TPSA) is 162 Å². The zero-order chi connectivity index (χ0) is 32.0. The third-order valence-corrected chi connectivity index (χ3v) is 9.09. The Morgan fingerprint density at radius 3 is 2.39 bits per heavy atom. The number of β-lactam (4-membered cyclic amide) rings is 1. The van der Waals surface area contributed by atoms with Crippen molar-refractivity contribution in [1.29, 1.82) is 0 Å². The van der Waals surface area contributed by atoms with Crippen LogP contribution in [0.3, 0.4) is 0 Å². The number of nitrogens with two attached hydrogens (primary N) is 1. The highest BCUT2D eigenvalue weighted by molar-refractivity contribution is 8.00. The predicted octanol–water partition coefficient (Wildman–Crippen LogP) is 3.57. The molecule has 6 rings (SSSR count). The van der Waals surface area contributed by atoms with E-state index >= 15 is 0 Å². The number of carbonyl (C=O) groups is 3. The van der Waals surface area contributed by atoms with Crippen molar-refractivity contribution in [1.82, 2.24) is 25.4 Å². The van der Waals surface area contributed by atoms with Gasteiger partial charge < -0.3 is 20.6 Å². The highest BCUT2D eigenvalue weighted by Gasteiger charge is 2.54. The number of carbonyl (C=O) groups excluding carboxylic acids is 3. The molecule has 1 fully saturated rings. The van der Waals surface area contributed by atoms with Gasteiger partial charge in [-0.25, -0.2) is 9.78 Å². The second kappa shape index (κ2) is 13.7. The van der Waals surface area contributed by atoms with Gasteiger partial charge in [-0.15, -0.1) is 23.1 Å². The smallest absolute Gasteiger partial charge is 0.356 e. The highest BCUT2D eigenvalue weighted by Crippen LogP contribution is 2.42. The number of hydrogen-bond acceptors (Lipinski definition) is 12. The summed E-state index contributed by atoms with van der Waals surface area (Å²) in [4.78, 5) is 51.4. The van der Waals surface area contributed by atoms with Gasteiger partial charge in [0.15, 0.2) is 16.9 Å². The first kappa shape index (κ1) is 30.7. The molecule has 0 radical (unpaired) electrons. The van der Waals surface area contributed by atoms with E-state index in [0.29, 0.717) is 17.0 Å². The number of rotatable bonds is 10. The molecular weight excluding hydrogens is 627 g/mol. The predicted molar refractivity (Wildman–Crippen MR) is 174 cm³/mol. The summed E-state index contributed by atoms with van der Waals surface area (Å²) in [7, 11) is 1.30. The van der Waals surface area contributed by atoms with Crippen LogP contribution in [0.15, 0.2) is 107 Å². The van der Waals surface area contributed by atoms with Crippen LogP contribution in [0.2, 0.25) is 0 Å². The van der Waals surface area contributed by atoms with Crippen molar-refractivity contribution in [3.63, 3.8) is 0 Å². The van der Waals surface area contributed by atoms with Gasteiger partial charge >= 0.3 is 5.97 Å².